The zero-order valence-electron chi connectivity index (χ0n) is 11.3. The molecule has 102 valence electrons. The third-order valence-electron chi connectivity index (χ3n) is 2.68. The molecule has 0 aliphatic rings. The minimum atomic E-state index is 0.556. The van der Waals surface area contributed by atoms with E-state index in [1.807, 2.05) is 17.7 Å². The van der Waals surface area contributed by atoms with Gasteiger partial charge < -0.3 is 4.57 Å². The Balaban J connectivity index is 1.98. The van der Waals surface area contributed by atoms with Crippen LogP contribution in [0.2, 0.25) is 0 Å². The van der Waals surface area contributed by atoms with Gasteiger partial charge in [-0.05, 0) is 12.5 Å². The van der Waals surface area contributed by atoms with Crippen molar-refractivity contribution in [3.63, 3.8) is 0 Å². The zero-order chi connectivity index (χ0) is 13.7. The van der Waals surface area contributed by atoms with Crippen molar-refractivity contribution < 1.29 is 0 Å². The Labute approximate surface area is 121 Å². The minimum absolute atomic E-state index is 0.556. The summed E-state index contributed by atoms with van der Waals surface area (Å²) in [7, 11) is 2.01. The molecule has 0 radical (unpaired) electrons. The highest BCUT2D eigenvalue weighted by Crippen LogP contribution is 2.25. The van der Waals surface area contributed by atoms with Gasteiger partial charge in [0, 0.05) is 24.7 Å². The molecule has 2 aromatic heterocycles. The number of aromatic nitrogens is 5. The summed E-state index contributed by atoms with van der Waals surface area (Å²) in [6.07, 6.45) is 4.62. The van der Waals surface area contributed by atoms with E-state index in [1.165, 1.54) is 0 Å². The van der Waals surface area contributed by atoms with Crippen molar-refractivity contribution in [2.45, 2.75) is 41.6 Å². The number of thioether (sulfide) groups is 2. The molecule has 5 nitrogen and oxygen atoms in total. The summed E-state index contributed by atoms with van der Waals surface area (Å²) >= 11 is 3.33. The van der Waals surface area contributed by atoms with Crippen molar-refractivity contribution in [3.8, 4) is 0 Å². The van der Waals surface area contributed by atoms with Crippen molar-refractivity contribution in [1.29, 1.82) is 0 Å². The monoisotopic (exact) mass is 295 g/mol. The van der Waals surface area contributed by atoms with Crippen LogP contribution in [0.1, 0.15) is 26.1 Å². The summed E-state index contributed by atoms with van der Waals surface area (Å²) in [6, 6.07) is 1.81. The van der Waals surface area contributed by atoms with Crippen LogP contribution >= 0.6 is 23.5 Å². The van der Waals surface area contributed by atoms with Gasteiger partial charge in [-0.1, -0.05) is 37.4 Å². The Kier molecular flexibility index (Phi) is 5.21. The highest BCUT2D eigenvalue weighted by molar-refractivity contribution is 7.99. The van der Waals surface area contributed by atoms with Gasteiger partial charge in [0.2, 0.25) is 0 Å². The zero-order valence-corrected chi connectivity index (χ0v) is 12.9. The van der Waals surface area contributed by atoms with Gasteiger partial charge in [0.1, 0.15) is 5.82 Å². The van der Waals surface area contributed by atoms with E-state index in [-0.39, 0.29) is 0 Å². The summed E-state index contributed by atoms with van der Waals surface area (Å²) in [4.78, 5) is 8.36. The second kappa shape index (κ2) is 6.91. The number of hydrogen-bond acceptors (Lipinski definition) is 6. The first-order valence-corrected chi connectivity index (χ1v) is 8.02. The topological polar surface area (TPSA) is 56.5 Å². The number of hydrogen-bond donors (Lipinski definition) is 0. The lowest BCUT2D eigenvalue weighted by atomic mass is 10.4. The first-order valence-electron chi connectivity index (χ1n) is 6.15. The predicted octanol–water partition coefficient (Wildman–Crippen LogP) is 2.79. The van der Waals surface area contributed by atoms with Gasteiger partial charge >= 0.3 is 0 Å². The van der Waals surface area contributed by atoms with Gasteiger partial charge in [0.15, 0.2) is 10.3 Å². The first kappa shape index (κ1) is 14.3. The van der Waals surface area contributed by atoms with Crippen molar-refractivity contribution in [1.82, 2.24) is 24.7 Å². The van der Waals surface area contributed by atoms with E-state index in [4.69, 9.17) is 0 Å². The smallest absolute Gasteiger partial charge is 0.191 e. The van der Waals surface area contributed by atoms with E-state index in [0.29, 0.717) is 5.25 Å². The first-order chi connectivity index (χ1) is 9.20. The van der Waals surface area contributed by atoms with Crippen molar-refractivity contribution in [3.05, 3.63) is 24.3 Å². The Morgan fingerprint density at radius 2 is 2.00 bits per heavy atom. The maximum atomic E-state index is 4.24. The van der Waals surface area contributed by atoms with E-state index in [0.717, 1.165) is 28.3 Å². The van der Waals surface area contributed by atoms with Crippen molar-refractivity contribution in [2.24, 2.45) is 7.05 Å². The summed E-state index contributed by atoms with van der Waals surface area (Å²) in [5, 5.41) is 10.8. The molecule has 0 aromatic carbocycles. The summed E-state index contributed by atoms with van der Waals surface area (Å²) in [5.74, 6) is 1.68. The fraction of sp³-hybridized carbons (Fsp3) is 0.500. The molecule has 0 aliphatic heterocycles. The molecular weight excluding hydrogens is 278 g/mol. The molecule has 1 atom stereocenters. The van der Waals surface area contributed by atoms with Crippen LogP contribution in [0.4, 0.5) is 0 Å². The van der Waals surface area contributed by atoms with E-state index < -0.39 is 0 Å². The fourth-order valence-electron chi connectivity index (χ4n) is 1.33. The maximum absolute atomic E-state index is 4.24. The Morgan fingerprint density at radius 1 is 1.26 bits per heavy atom. The molecule has 2 aromatic rings. The van der Waals surface area contributed by atoms with Crippen molar-refractivity contribution in [2.75, 3.05) is 0 Å². The Hall–Kier alpha value is -1.08. The number of rotatable bonds is 6. The molecule has 0 saturated carbocycles. The maximum Gasteiger partial charge on any atom is 0.191 e. The van der Waals surface area contributed by atoms with Crippen LogP contribution in [0, 0.1) is 0 Å². The minimum Gasteiger partial charge on any atom is -0.308 e. The molecule has 2 heterocycles. The van der Waals surface area contributed by atoms with Gasteiger partial charge in [0.25, 0.3) is 0 Å². The average Bonchev–Trinajstić information content (AvgIpc) is 2.78. The van der Waals surface area contributed by atoms with Crippen LogP contribution in [-0.2, 0) is 12.8 Å². The third kappa shape index (κ3) is 3.94. The Bertz CT molecular complexity index is 514. The van der Waals surface area contributed by atoms with Gasteiger partial charge in [-0.25, -0.2) is 9.97 Å². The molecule has 1 unspecified atom stereocenters. The lowest BCUT2D eigenvalue weighted by Gasteiger charge is -2.07. The normalized spacial score (nSPS) is 12.6. The summed E-state index contributed by atoms with van der Waals surface area (Å²) < 4.78 is 2.05. The highest BCUT2D eigenvalue weighted by Gasteiger charge is 2.12. The predicted molar refractivity (Wildman–Crippen MR) is 78.2 cm³/mol. The van der Waals surface area contributed by atoms with E-state index in [9.17, 15) is 0 Å². The molecule has 7 heteroatoms. The summed E-state index contributed by atoms with van der Waals surface area (Å²) in [6.45, 7) is 4.38. The quantitative estimate of drug-likeness (QED) is 0.603. The standard InChI is InChI=1S/C12H17N5S2/c1-4-9(2)19-12-16-15-10(17(12)3)8-18-11-13-6-5-7-14-11/h5-7,9H,4,8H2,1-3H3. The van der Waals surface area contributed by atoms with Crippen LogP contribution in [-0.4, -0.2) is 30.0 Å². The Morgan fingerprint density at radius 3 is 2.68 bits per heavy atom. The molecule has 0 bridgehead atoms. The molecule has 19 heavy (non-hydrogen) atoms. The second-order valence-corrected chi connectivity index (χ2v) is 6.46. The van der Waals surface area contributed by atoms with E-state index in [1.54, 1.807) is 35.9 Å². The molecule has 0 spiro atoms. The molecule has 0 N–H and O–H groups in total. The summed E-state index contributed by atoms with van der Waals surface area (Å²) in [5.41, 5.74) is 0. The molecule has 0 fully saturated rings. The largest absolute Gasteiger partial charge is 0.308 e. The van der Waals surface area contributed by atoms with E-state index >= 15 is 0 Å². The molecule has 0 amide bonds. The van der Waals surface area contributed by atoms with E-state index in [2.05, 4.69) is 34.0 Å². The third-order valence-corrected chi connectivity index (χ3v) is 4.85. The average molecular weight is 295 g/mol. The molecule has 0 aliphatic carbocycles. The lowest BCUT2D eigenvalue weighted by Crippen LogP contribution is -2.01. The van der Waals surface area contributed by atoms with Crippen LogP contribution in [0.5, 0.6) is 0 Å². The van der Waals surface area contributed by atoms with Gasteiger partial charge in [-0.2, -0.15) is 0 Å². The van der Waals surface area contributed by atoms with Crippen LogP contribution in [0.25, 0.3) is 0 Å². The molecular formula is C12H17N5S2. The molecule has 0 saturated heterocycles. The SMILES string of the molecule is CCC(C)Sc1nnc(CSc2ncccn2)n1C. The number of nitrogens with zero attached hydrogens (tertiary/aromatic N) is 5. The van der Waals surface area contributed by atoms with Gasteiger partial charge in [0.05, 0.1) is 5.75 Å². The van der Waals surface area contributed by atoms with Crippen molar-refractivity contribution >= 4 is 23.5 Å². The van der Waals surface area contributed by atoms with Crippen LogP contribution in [0.3, 0.4) is 0 Å². The second-order valence-electron chi connectivity index (χ2n) is 4.11. The van der Waals surface area contributed by atoms with Gasteiger partial charge in [-0.3, -0.25) is 0 Å². The lowest BCUT2D eigenvalue weighted by molar-refractivity contribution is 0.755. The fourth-order valence-corrected chi connectivity index (χ4v) is 2.98. The highest BCUT2D eigenvalue weighted by atomic mass is 32.2. The van der Waals surface area contributed by atoms with Crippen LogP contribution < -0.4 is 0 Å². The van der Waals surface area contributed by atoms with Crippen LogP contribution in [0.15, 0.2) is 28.8 Å². The molecule has 2 rings (SSSR count). The van der Waals surface area contributed by atoms with Gasteiger partial charge in [-0.15, -0.1) is 10.2 Å².